The highest BCUT2D eigenvalue weighted by molar-refractivity contribution is 5.89. The smallest absolute Gasteiger partial charge is 0.445 e. The first kappa shape index (κ1) is 33.3. The molecular weight excluding hydrogens is 591 g/mol. The highest BCUT2D eigenvalue weighted by atomic mass is 19.4. The van der Waals surface area contributed by atoms with E-state index in [1.54, 1.807) is 36.5 Å². The molecular formula is C27H30F3N7O7. The molecule has 1 aromatic carbocycles. The Hall–Kier alpha value is -5.22. The Morgan fingerprint density at radius 3 is 2.55 bits per heavy atom. The number of H-pyrrole nitrogens is 1. The minimum Gasteiger partial charge on any atom is -0.445 e. The van der Waals surface area contributed by atoms with Crippen molar-refractivity contribution in [1.82, 2.24) is 24.8 Å². The molecule has 236 valence electrons. The van der Waals surface area contributed by atoms with Crippen molar-refractivity contribution in [3.8, 4) is 0 Å². The number of halogens is 3. The van der Waals surface area contributed by atoms with E-state index in [1.165, 1.54) is 12.4 Å². The number of imidazole rings is 1. The van der Waals surface area contributed by atoms with E-state index in [-0.39, 0.29) is 37.2 Å². The number of esters is 2. The number of alkyl carbamates (subject to hydrolysis) is 1. The van der Waals surface area contributed by atoms with E-state index in [1.807, 2.05) is 6.92 Å². The molecule has 1 unspecified atom stereocenters. The summed E-state index contributed by atoms with van der Waals surface area (Å²) in [5, 5.41) is 7.83. The minimum atomic E-state index is -5.41. The number of nitrogens with one attached hydrogen (secondary N) is 4. The molecule has 0 fully saturated rings. The van der Waals surface area contributed by atoms with E-state index in [2.05, 4.69) is 35.6 Å². The van der Waals surface area contributed by atoms with Gasteiger partial charge in [-0.25, -0.2) is 19.4 Å². The Labute approximate surface area is 248 Å². The SMILES string of the molecule is CCCc1cn(CC(CC(=O)OC(=O)C(F)(F)F)NC(=O)OCc2ccccc2)c(=O)nc1NCCC(=O)Nc1ncc[nH]1. The number of carbonyl (C=O) groups is 4. The third-order valence-electron chi connectivity index (χ3n) is 5.79. The van der Waals surface area contributed by atoms with Gasteiger partial charge in [-0.05, 0) is 12.0 Å². The lowest BCUT2D eigenvalue weighted by Crippen LogP contribution is -2.43. The second-order valence-corrected chi connectivity index (χ2v) is 9.33. The fraction of sp³-hybridized carbons (Fsp3) is 0.370. The number of anilines is 2. The largest absolute Gasteiger partial charge is 0.491 e. The van der Waals surface area contributed by atoms with Crippen molar-refractivity contribution in [2.24, 2.45) is 0 Å². The molecule has 1 atom stereocenters. The van der Waals surface area contributed by atoms with Crippen molar-refractivity contribution in [3.63, 3.8) is 0 Å². The summed E-state index contributed by atoms with van der Waals surface area (Å²) in [6, 6.07) is 7.24. The fourth-order valence-corrected chi connectivity index (χ4v) is 3.83. The van der Waals surface area contributed by atoms with Crippen LogP contribution in [0, 0.1) is 0 Å². The lowest BCUT2D eigenvalue weighted by Gasteiger charge is -2.20. The van der Waals surface area contributed by atoms with E-state index in [0.29, 0.717) is 24.0 Å². The number of aromatic nitrogens is 4. The van der Waals surface area contributed by atoms with Crippen LogP contribution in [-0.4, -0.2) is 62.2 Å². The molecule has 14 nitrogen and oxygen atoms in total. The van der Waals surface area contributed by atoms with Gasteiger partial charge in [0.15, 0.2) is 0 Å². The molecule has 0 saturated heterocycles. The Morgan fingerprint density at radius 1 is 1.14 bits per heavy atom. The number of hydrogen-bond acceptors (Lipinski definition) is 10. The van der Waals surface area contributed by atoms with Crippen molar-refractivity contribution >= 4 is 35.7 Å². The van der Waals surface area contributed by atoms with Crippen LogP contribution in [0.1, 0.15) is 37.3 Å². The summed E-state index contributed by atoms with van der Waals surface area (Å²) < 4.78 is 47.8. The number of amides is 2. The Kier molecular flexibility index (Phi) is 12.0. The molecule has 0 aliphatic rings. The molecule has 2 aromatic heterocycles. The summed E-state index contributed by atoms with van der Waals surface area (Å²) in [7, 11) is 0. The molecule has 0 aliphatic heterocycles. The van der Waals surface area contributed by atoms with Gasteiger partial charge in [0, 0.05) is 43.7 Å². The highest BCUT2D eigenvalue weighted by Crippen LogP contribution is 2.17. The second kappa shape index (κ2) is 15.9. The zero-order valence-electron chi connectivity index (χ0n) is 23.5. The van der Waals surface area contributed by atoms with Gasteiger partial charge in [0.1, 0.15) is 12.4 Å². The average molecular weight is 622 g/mol. The third-order valence-corrected chi connectivity index (χ3v) is 5.79. The lowest BCUT2D eigenvalue weighted by molar-refractivity contribution is -0.202. The first-order chi connectivity index (χ1) is 20.9. The first-order valence-corrected chi connectivity index (χ1v) is 13.4. The van der Waals surface area contributed by atoms with Gasteiger partial charge in [0.2, 0.25) is 11.9 Å². The summed E-state index contributed by atoms with van der Waals surface area (Å²) in [4.78, 5) is 71.4. The Balaban J connectivity index is 1.72. The number of rotatable bonds is 14. The quantitative estimate of drug-likeness (QED) is 0.154. The fourth-order valence-electron chi connectivity index (χ4n) is 3.83. The summed E-state index contributed by atoms with van der Waals surface area (Å²) >= 11 is 0. The number of nitrogens with zero attached hydrogens (tertiary/aromatic N) is 3. The van der Waals surface area contributed by atoms with Gasteiger partial charge in [0.05, 0.1) is 12.5 Å². The number of benzene rings is 1. The van der Waals surface area contributed by atoms with Gasteiger partial charge in [-0.2, -0.15) is 18.2 Å². The maximum atomic E-state index is 12.9. The summed E-state index contributed by atoms with van der Waals surface area (Å²) in [5.74, 6) is -4.16. The number of hydrogen-bond donors (Lipinski definition) is 4. The summed E-state index contributed by atoms with van der Waals surface area (Å²) in [6.07, 6.45) is -1.82. The van der Waals surface area contributed by atoms with Crippen LogP contribution in [0.3, 0.4) is 0 Å². The number of carbonyl (C=O) groups excluding carboxylic acids is 4. The zero-order valence-corrected chi connectivity index (χ0v) is 23.5. The maximum Gasteiger partial charge on any atom is 0.491 e. The van der Waals surface area contributed by atoms with Crippen molar-refractivity contribution < 1.29 is 41.8 Å². The molecule has 2 amide bonds. The van der Waals surface area contributed by atoms with Crippen LogP contribution in [0.4, 0.5) is 29.7 Å². The summed E-state index contributed by atoms with van der Waals surface area (Å²) in [6.45, 7) is 1.41. The Morgan fingerprint density at radius 2 is 1.89 bits per heavy atom. The van der Waals surface area contributed by atoms with Crippen LogP contribution in [0.15, 0.2) is 53.7 Å². The van der Waals surface area contributed by atoms with Crippen LogP contribution in [0.25, 0.3) is 0 Å². The van der Waals surface area contributed by atoms with Crippen molar-refractivity contribution in [3.05, 3.63) is 70.5 Å². The van der Waals surface area contributed by atoms with E-state index in [9.17, 15) is 37.1 Å². The van der Waals surface area contributed by atoms with Crippen LogP contribution in [0.2, 0.25) is 0 Å². The van der Waals surface area contributed by atoms with Crippen molar-refractivity contribution in [2.45, 2.75) is 58.0 Å². The number of aryl methyl sites for hydroxylation is 1. The molecule has 4 N–H and O–H groups in total. The third kappa shape index (κ3) is 10.9. The molecule has 0 radical (unpaired) electrons. The van der Waals surface area contributed by atoms with Gasteiger partial charge in [0.25, 0.3) is 0 Å². The minimum absolute atomic E-state index is 0.0207. The van der Waals surface area contributed by atoms with Gasteiger partial charge >= 0.3 is 29.9 Å². The standard InChI is InChI=1S/C27H30F3N7O7/c1-2-6-18-14-37(25(41)36-22(18)31-10-9-20(38)35-24-32-11-12-33-24)15-19(13-21(39)44-23(40)27(28,29)30)34-26(42)43-16-17-7-4-3-5-8-17/h3-5,7-8,11-12,14,19H,2,6,9-10,13,15-16H2,1H3,(H,34,42)(H,31,36,41)(H2,32,33,35,38). The van der Waals surface area contributed by atoms with Crippen LogP contribution in [0.5, 0.6) is 0 Å². The predicted molar refractivity (Wildman–Crippen MR) is 148 cm³/mol. The topological polar surface area (TPSA) is 186 Å². The summed E-state index contributed by atoms with van der Waals surface area (Å²) in [5.41, 5.74) is 0.371. The van der Waals surface area contributed by atoms with E-state index in [4.69, 9.17) is 4.74 Å². The Bertz CT molecular complexity index is 1480. The van der Waals surface area contributed by atoms with E-state index < -0.39 is 48.9 Å². The molecule has 2 heterocycles. The van der Waals surface area contributed by atoms with Gasteiger partial charge in [-0.15, -0.1) is 0 Å². The second-order valence-electron chi connectivity index (χ2n) is 9.33. The van der Waals surface area contributed by atoms with Crippen molar-refractivity contribution in [2.75, 3.05) is 17.2 Å². The highest BCUT2D eigenvalue weighted by Gasteiger charge is 2.42. The van der Waals surface area contributed by atoms with Crippen molar-refractivity contribution in [1.29, 1.82) is 0 Å². The normalized spacial score (nSPS) is 11.7. The molecule has 3 rings (SSSR count). The number of ether oxygens (including phenoxy) is 2. The molecule has 0 bridgehead atoms. The van der Waals surface area contributed by atoms with Gasteiger partial charge < -0.3 is 25.1 Å². The zero-order chi connectivity index (χ0) is 32.1. The predicted octanol–water partition coefficient (Wildman–Crippen LogP) is 2.68. The average Bonchev–Trinajstić information content (AvgIpc) is 3.47. The van der Waals surface area contributed by atoms with E-state index >= 15 is 0 Å². The monoisotopic (exact) mass is 621 g/mol. The molecule has 3 aromatic rings. The number of alkyl halides is 3. The van der Waals surface area contributed by atoms with Gasteiger partial charge in [-0.3, -0.25) is 19.5 Å². The molecule has 17 heteroatoms. The molecule has 0 saturated carbocycles. The van der Waals surface area contributed by atoms with Crippen LogP contribution < -0.4 is 21.6 Å². The van der Waals surface area contributed by atoms with Crippen LogP contribution >= 0.6 is 0 Å². The van der Waals surface area contributed by atoms with Gasteiger partial charge in [-0.1, -0.05) is 43.7 Å². The van der Waals surface area contributed by atoms with Crippen LogP contribution in [-0.2, 0) is 43.4 Å². The van der Waals surface area contributed by atoms with E-state index in [0.717, 1.165) is 4.57 Å². The maximum absolute atomic E-state index is 12.9. The molecule has 44 heavy (non-hydrogen) atoms. The lowest BCUT2D eigenvalue weighted by atomic mass is 10.1. The molecule has 0 aliphatic carbocycles. The molecule has 0 spiro atoms. The first-order valence-electron chi connectivity index (χ1n) is 13.4. The number of aromatic amines is 1.